The van der Waals surface area contributed by atoms with E-state index in [-0.39, 0.29) is 41.5 Å². The molecule has 2 aliphatic rings. The van der Waals surface area contributed by atoms with Crippen LogP contribution in [0.2, 0.25) is 0 Å². The van der Waals surface area contributed by atoms with Crippen LogP contribution in [0.25, 0.3) is 11.4 Å². The first-order valence-electron chi connectivity index (χ1n) is 13.7. The van der Waals surface area contributed by atoms with E-state index in [2.05, 4.69) is 9.97 Å². The fourth-order valence-corrected chi connectivity index (χ4v) is 4.85. The molecule has 1 saturated heterocycles. The Kier molecular flexibility index (Phi) is 8.72. The van der Waals surface area contributed by atoms with Gasteiger partial charge in [0.05, 0.1) is 24.3 Å². The molecule has 1 aromatic carbocycles. The minimum atomic E-state index is -0.716. The summed E-state index contributed by atoms with van der Waals surface area (Å²) in [6, 6.07) is 4.06. The summed E-state index contributed by atoms with van der Waals surface area (Å²) in [7, 11) is 1.36. The Hall–Kier alpha value is -3.60. The van der Waals surface area contributed by atoms with Crippen molar-refractivity contribution in [2.24, 2.45) is 0 Å². The third kappa shape index (κ3) is 6.75. The Morgan fingerprint density at radius 3 is 2.10 bits per heavy atom. The van der Waals surface area contributed by atoms with Crippen LogP contribution >= 0.6 is 0 Å². The summed E-state index contributed by atoms with van der Waals surface area (Å²) in [6.07, 6.45) is 5.81. The molecule has 0 N–H and O–H groups in total. The zero-order valence-electron chi connectivity index (χ0n) is 24.0. The summed E-state index contributed by atoms with van der Waals surface area (Å²) < 4.78 is 20.4. The van der Waals surface area contributed by atoms with E-state index in [0.717, 1.165) is 17.9 Å². The number of likely N-dealkylation sites (tertiary alicyclic amines) is 1. The lowest BCUT2D eigenvalue weighted by molar-refractivity contribution is -0.115. The molecule has 40 heavy (non-hydrogen) atoms. The molecule has 0 unspecified atom stereocenters. The molecule has 0 radical (unpaired) electrons. The van der Waals surface area contributed by atoms with Crippen LogP contribution in [0.5, 0.6) is 0 Å². The van der Waals surface area contributed by atoms with Crippen molar-refractivity contribution in [3.8, 4) is 11.4 Å². The summed E-state index contributed by atoms with van der Waals surface area (Å²) in [5.74, 6) is -1.21. The maximum Gasteiger partial charge on any atom is 0.410 e. The average molecular weight is 556 g/mol. The van der Waals surface area contributed by atoms with E-state index in [0.29, 0.717) is 37.1 Å². The number of amides is 3. The SMILES string of the molecule is CON(C(=O)c1ccc(-c2ncc(C(=O)N(C3CC3)C3CCN(C(=O)OC(C)(C)C)CC3)cn2)cc1F)C(C)C. The predicted octanol–water partition coefficient (Wildman–Crippen LogP) is 4.70. The molecule has 0 spiro atoms. The monoisotopic (exact) mass is 555 g/mol. The van der Waals surface area contributed by atoms with Gasteiger partial charge in [-0.05, 0) is 72.4 Å². The molecule has 2 heterocycles. The van der Waals surface area contributed by atoms with E-state index >= 15 is 0 Å². The molecule has 1 aliphatic carbocycles. The van der Waals surface area contributed by atoms with Gasteiger partial charge in [0.25, 0.3) is 11.8 Å². The molecule has 0 bridgehead atoms. The van der Waals surface area contributed by atoms with Crippen LogP contribution in [0.1, 0.15) is 81.0 Å². The first-order valence-corrected chi connectivity index (χ1v) is 13.7. The van der Waals surface area contributed by atoms with Gasteiger partial charge in [-0.25, -0.2) is 24.2 Å². The lowest BCUT2D eigenvalue weighted by Crippen LogP contribution is -2.50. The van der Waals surface area contributed by atoms with Crippen LogP contribution in [-0.4, -0.2) is 86.7 Å². The van der Waals surface area contributed by atoms with Gasteiger partial charge in [0, 0.05) is 43.1 Å². The normalized spacial score (nSPS) is 16.1. The first-order chi connectivity index (χ1) is 18.9. The Morgan fingerprint density at radius 1 is 1.00 bits per heavy atom. The van der Waals surface area contributed by atoms with E-state index in [9.17, 15) is 18.8 Å². The third-order valence-corrected chi connectivity index (χ3v) is 6.91. The minimum Gasteiger partial charge on any atom is -0.444 e. The number of aromatic nitrogens is 2. The Labute approximate surface area is 234 Å². The average Bonchev–Trinajstić information content (AvgIpc) is 3.73. The molecule has 216 valence electrons. The van der Waals surface area contributed by atoms with Crippen LogP contribution in [0.15, 0.2) is 30.6 Å². The van der Waals surface area contributed by atoms with Gasteiger partial charge in [-0.3, -0.25) is 14.4 Å². The number of nitrogens with zero attached hydrogens (tertiary/aromatic N) is 5. The van der Waals surface area contributed by atoms with Crippen molar-refractivity contribution in [2.75, 3.05) is 20.2 Å². The highest BCUT2D eigenvalue weighted by atomic mass is 19.1. The Morgan fingerprint density at radius 2 is 1.60 bits per heavy atom. The third-order valence-electron chi connectivity index (χ3n) is 6.91. The van der Waals surface area contributed by atoms with Crippen molar-refractivity contribution in [1.82, 2.24) is 24.8 Å². The second-order valence-electron chi connectivity index (χ2n) is 11.5. The van der Waals surface area contributed by atoms with Crippen molar-refractivity contribution in [3.05, 3.63) is 47.5 Å². The van der Waals surface area contributed by atoms with Crippen LogP contribution in [-0.2, 0) is 9.57 Å². The highest BCUT2D eigenvalue weighted by Crippen LogP contribution is 2.33. The first kappa shape index (κ1) is 29.4. The number of hydroxylamine groups is 2. The smallest absolute Gasteiger partial charge is 0.410 e. The van der Waals surface area contributed by atoms with E-state index in [1.54, 1.807) is 24.8 Å². The summed E-state index contributed by atoms with van der Waals surface area (Å²) in [5, 5.41) is 1.10. The number of hydrogen-bond donors (Lipinski definition) is 0. The lowest BCUT2D eigenvalue weighted by atomic mass is 10.0. The number of benzene rings is 1. The van der Waals surface area contributed by atoms with Crippen LogP contribution in [0.3, 0.4) is 0 Å². The Balaban J connectivity index is 1.44. The number of carbonyl (C=O) groups excluding carboxylic acids is 3. The minimum absolute atomic E-state index is 0.00930. The molecular formula is C29H38FN5O5. The van der Waals surface area contributed by atoms with E-state index in [4.69, 9.17) is 9.57 Å². The molecule has 10 nitrogen and oxygen atoms in total. The molecule has 11 heteroatoms. The fourth-order valence-electron chi connectivity index (χ4n) is 4.85. The van der Waals surface area contributed by atoms with Crippen molar-refractivity contribution < 1.29 is 28.3 Å². The molecular weight excluding hydrogens is 517 g/mol. The highest BCUT2D eigenvalue weighted by Gasteiger charge is 2.40. The molecule has 1 aliphatic heterocycles. The highest BCUT2D eigenvalue weighted by molar-refractivity contribution is 5.95. The van der Waals surface area contributed by atoms with Gasteiger partial charge in [-0.15, -0.1) is 0 Å². The zero-order chi connectivity index (χ0) is 29.2. The summed E-state index contributed by atoms with van der Waals surface area (Å²) >= 11 is 0. The lowest BCUT2D eigenvalue weighted by Gasteiger charge is -2.39. The van der Waals surface area contributed by atoms with Gasteiger partial charge in [0.1, 0.15) is 11.4 Å². The fraction of sp³-hybridized carbons (Fsp3) is 0.552. The van der Waals surface area contributed by atoms with Gasteiger partial charge in [-0.1, -0.05) is 6.07 Å². The number of halogens is 1. The number of carbonyl (C=O) groups is 3. The largest absolute Gasteiger partial charge is 0.444 e. The topological polar surface area (TPSA) is 105 Å². The molecule has 4 rings (SSSR count). The van der Waals surface area contributed by atoms with Gasteiger partial charge < -0.3 is 14.5 Å². The number of rotatable bonds is 7. The maximum atomic E-state index is 14.9. The van der Waals surface area contributed by atoms with Crippen molar-refractivity contribution in [2.45, 2.75) is 84.0 Å². The van der Waals surface area contributed by atoms with Crippen molar-refractivity contribution in [3.63, 3.8) is 0 Å². The van der Waals surface area contributed by atoms with Crippen LogP contribution in [0, 0.1) is 5.82 Å². The number of piperidine rings is 1. The van der Waals surface area contributed by atoms with Crippen LogP contribution in [0.4, 0.5) is 9.18 Å². The molecule has 2 fully saturated rings. The van der Waals surface area contributed by atoms with E-state index in [1.165, 1.54) is 31.6 Å². The van der Waals surface area contributed by atoms with Gasteiger partial charge in [0.2, 0.25) is 0 Å². The van der Waals surface area contributed by atoms with Gasteiger partial charge >= 0.3 is 6.09 Å². The van der Waals surface area contributed by atoms with Crippen molar-refractivity contribution in [1.29, 1.82) is 0 Å². The maximum absolute atomic E-state index is 14.9. The second-order valence-corrected chi connectivity index (χ2v) is 11.5. The quantitative estimate of drug-likeness (QED) is 0.456. The standard InChI is InChI=1S/C29H38FN5O5/c1-18(2)35(39-6)27(37)23-10-7-19(15-24(23)30)25-31-16-20(17-32-25)26(36)34(21-8-9-21)22-11-13-33(14-12-22)28(38)40-29(3,4)5/h7,10,15-18,21-22H,8-9,11-14H2,1-6H3. The number of hydrogen-bond acceptors (Lipinski definition) is 7. The van der Waals surface area contributed by atoms with Gasteiger partial charge in [0.15, 0.2) is 5.82 Å². The summed E-state index contributed by atoms with van der Waals surface area (Å²) in [6.45, 7) is 10.1. The number of ether oxygens (including phenoxy) is 1. The Bertz CT molecular complexity index is 1230. The molecule has 0 atom stereocenters. The molecule has 2 aromatic rings. The summed E-state index contributed by atoms with van der Waals surface area (Å²) in [4.78, 5) is 55.9. The molecule has 3 amide bonds. The molecule has 1 saturated carbocycles. The molecule has 1 aromatic heterocycles. The van der Waals surface area contributed by atoms with Gasteiger partial charge in [-0.2, -0.15) is 0 Å². The van der Waals surface area contributed by atoms with E-state index < -0.39 is 17.3 Å². The second kappa shape index (κ2) is 11.9. The summed E-state index contributed by atoms with van der Waals surface area (Å²) in [5.41, 5.74) is 0.0597. The van der Waals surface area contributed by atoms with Crippen molar-refractivity contribution >= 4 is 17.9 Å². The van der Waals surface area contributed by atoms with Crippen LogP contribution < -0.4 is 0 Å². The zero-order valence-corrected chi connectivity index (χ0v) is 24.0. The predicted molar refractivity (Wildman–Crippen MR) is 146 cm³/mol. The van der Waals surface area contributed by atoms with E-state index in [1.807, 2.05) is 25.7 Å².